The molecule has 18 heavy (non-hydrogen) atoms. The fourth-order valence-electron chi connectivity index (χ4n) is 1.55. The van der Waals surface area contributed by atoms with Gasteiger partial charge in [0.1, 0.15) is 11.9 Å². The van der Waals surface area contributed by atoms with E-state index in [2.05, 4.69) is 0 Å². The van der Waals surface area contributed by atoms with Crippen LogP contribution in [0.4, 0.5) is 13.2 Å². The Kier molecular flexibility index (Phi) is 3.77. The zero-order chi connectivity index (χ0) is 13.2. The molecule has 0 saturated carbocycles. The lowest BCUT2D eigenvalue weighted by Crippen LogP contribution is -2.25. The van der Waals surface area contributed by atoms with Gasteiger partial charge in [-0.1, -0.05) is 12.1 Å². The Bertz CT molecular complexity index is 402. The Labute approximate surface area is 102 Å². The van der Waals surface area contributed by atoms with E-state index in [0.717, 1.165) is 0 Å². The molecule has 1 saturated heterocycles. The van der Waals surface area contributed by atoms with Crippen molar-refractivity contribution in [2.75, 3.05) is 20.3 Å². The molecule has 0 N–H and O–H groups in total. The minimum absolute atomic E-state index is 0.0301. The zero-order valence-corrected chi connectivity index (χ0v) is 9.74. The SMILES string of the molecule is COc1cccc([C@H](OC[C@H]2CO2)C(F)(F)F)c1. The maximum Gasteiger partial charge on any atom is 0.418 e. The second kappa shape index (κ2) is 5.16. The highest BCUT2D eigenvalue weighted by molar-refractivity contribution is 5.30. The number of hydrogen-bond acceptors (Lipinski definition) is 3. The topological polar surface area (TPSA) is 31.0 Å². The van der Waals surface area contributed by atoms with Crippen molar-refractivity contribution in [1.82, 2.24) is 0 Å². The van der Waals surface area contributed by atoms with Crippen molar-refractivity contribution < 1.29 is 27.4 Å². The van der Waals surface area contributed by atoms with Crippen LogP contribution in [0, 0.1) is 0 Å². The number of alkyl halides is 3. The first-order valence-corrected chi connectivity index (χ1v) is 5.44. The summed E-state index contributed by atoms with van der Waals surface area (Å²) in [6.45, 7) is 0.407. The Morgan fingerprint density at radius 1 is 1.44 bits per heavy atom. The van der Waals surface area contributed by atoms with Crippen molar-refractivity contribution in [2.24, 2.45) is 0 Å². The van der Waals surface area contributed by atoms with E-state index in [1.807, 2.05) is 0 Å². The molecule has 100 valence electrons. The third-order valence-corrected chi connectivity index (χ3v) is 2.54. The fourth-order valence-corrected chi connectivity index (χ4v) is 1.55. The van der Waals surface area contributed by atoms with Crippen LogP contribution in [0.2, 0.25) is 0 Å². The van der Waals surface area contributed by atoms with Crippen molar-refractivity contribution in [3.63, 3.8) is 0 Å². The Balaban J connectivity index is 2.14. The Hall–Kier alpha value is -1.27. The van der Waals surface area contributed by atoms with Gasteiger partial charge in [0.25, 0.3) is 0 Å². The molecule has 0 radical (unpaired) electrons. The van der Waals surface area contributed by atoms with Gasteiger partial charge < -0.3 is 14.2 Å². The van der Waals surface area contributed by atoms with Crippen molar-refractivity contribution in [1.29, 1.82) is 0 Å². The average molecular weight is 262 g/mol. The molecule has 0 aromatic heterocycles. The van der Waals surface area contributed by atoms with Crippen LogP contribution in [0.3, 0.4) is 0 Å². The van der Waals surface area contributed by atoms with Crippen LogP contribution in [-0.4, -0.2) is 32.6 Å². The maximum atomic E-state index is 12.9. The molecular weight excluding hydrogens is 249 g/mol. The van der Waals surface area contributed by atoms with Crippen molar-refractivity contribution in [3.8, 4) is 5.75 Å². The molecule has 0 bridgehead atoms. The van der Waals surface area contributed by atoms with Gasteiger partial charge >= 0.3 is 6.18 Å². The summed E-state index contributed by atoms with van der Waals surface area (Å²) >= 11 is 0. The minimum atomic E-state index is -4.46. The second-order valence-electron chi connectivity index (χ2n) is 3.99. The summed E-state index contributed by atoms with van der Waals surface area (Å²) in [5, 5.41) is 0. The summed E-state index contributed by atoms with van der Waals surface area (Å²) in [5.74, 6) is 0.369. The first kappa shape index (κ1) is 13.2. The van der Waals surface area contributed by atoms with Gasteiger partial charge in [-0.05, 0) is 17.7 Å². The largest absolute Gasteiger partial charge is 0.497 e. The molecule has 2 atom stereocenters. The smallest absolute Gasteiger partial charge is 0.418 e. The summed E-state index contributed by atoms with van der Waals surface area (Å²) in [5.41, 5.74) is 0.0301. The van der Waals surface area contributed by atoms with E-state index in [0.29, 0.717) is 12.4 Å². The van der Waals surface area contributed by atoms with Crippen LogP contribution >= 0.6 is 0 Å². The highest BCUT2D eigenvalue weighted by Gasteiger charge is 2.43. The quantitative estimate of drug-likeness (QED) is 0.764. The summed E-state index contributed by atoms with van der Waals surface area (Å²) in [4.78, 5) is 0. The lowest BCUT2D eigenvalue weighted by molar-refractivity contribution is -0.224. The molecule has 0 unspecified atom stereocenters. The number of epoxide rings is 1. The van der Waals surface area contributed by atoms with Gasteiger partial charge in [-0.2, -0.15) is 13.2 Å². The van der Waals surface area contributed by atoms with Gasteiger partial charge in [-0.3, -0.25) is 0 Å². The highest BCUT2D eigenvalue weighted by Crippen LogP contribution is 2.37. The van der Waals surface area contributed by atoms with Crippen LogP contribution in [-0.2, 0) is 9.47 Å². The van der Waals surface area contributed by atoms with Gasteiger partial charge in [0.15, 0.2) is 6.10 Å². The van der Waals surface area contributed by atoms with E-state index < -0.39 is 12.3 Å². The predicted octanol–water partition coefficient (Wildman–Crippen LogP) is 2.71. The molecule has 6 heteroatoms. The van der Waals surface area contributed by atoms with E-state index in [-0.39, 0.29) is 18.3 Å². The molecule has 0 aliphatic carbocycles. The standard InChI is InChI=1S/C12H13F3O3/c1-16-9-4-2-3-8(5-9)11(12(13,14)15)18-7-10-6-17-10/h2-5,10-11H,6-7H2,1H3/t10-,11+/m1/s1. The monoisotopic (exact) mass is 262 g/mol. The van der Waals surface area contributed by atoms with Crippen LogP contribution in [0.15, 0.2) is 24.3 Å². The molecule has 1 aliphatic heterocycles. The molecule has 3 nitrogen and oxygen atoms in total. The van der Waals surface area contributed by atoms with Gasteiger partial charge in [-0.15, -0.1) is 0 Å². The van der Waals surface area contributed by atoms with Crippen LogP contribution in [0.5, 0.6) is 5.75 Å². The second-order valence-corrected chi connectivity index (χ2v) is 3.99. The van der Waals surface area contributed by atoms with Gasteiger partial charge in [-0.25, -0.2) is 0 Å². The van der Waals surface area contributed by atoms with Crippen molar-refractivity contribution >= 4 is 0 Å². The summed E-state index contributed by atoms with van der Waals surface area (Å²) in [6, 6.07) is 5.78. The van der Waals surface area contributed by atoms with Gasteiger partial charge in [0.2, 0.25) is 0 Å². The fraction of sp³-hybridized carbons (Fsp3) is 0.500. The lowest BCUT2D eigenvalue weighted by atomic mass is 10.1. The summed E-state index contributed by atoms with van der Waals surface area (Å²) in [6.07, 6.45) is -6.61. The van der Waals surface area contributed by atoms with Crippen LogP contribution in [0.1, 0.15) is 11.7 Å². The van der Waals surface area contributed by atoms with E-state index in [4.69, 9.17) is 14.2 Å². The van der Waals surface area contributed by atoms with Crippen LogP contribution in [0.25, 0.3) is 0 Å². The molecule has 1 fully saturated rings. The molecule has 1 aliphatic rings. The molecule has 0 amide bonds. The number of rotatable bonds is 5. The summed E-state index contributed by atoms with van der Waals surface area (Å²) < 4.78 is 53.4. The third-order valence-electron chi connectivity index (χ3n) is 2.54. The van der Waals surface area contributed by atoms with Crippen molar-refractivity contribution in [3.05, 3.63) is 29.8 Å². The third kappa shape index (κ3) is 3.36. The first-order chi connectivity index (χ1) is 8.50. The molecular formula is C12H13F3O3. The number of halogens is 3. The Morgan fingerprint density at radius 3 is 2.72 bits per heavy atom. The van der Waals surface area contributed by atoms with E-state index in [9.17, 15) is 13.2 Å². The number of hydrogen-bond donors (Lipinski definition) is 0. The minimum Gasteiger partial charge on any atom is -0.497 e. The maximum absolute atomic E-state index is 12.9. The molecule has 0 spiro atoms. The molecule has 2 rings (SSSR count). The van der Waals surface area contributed by atoms with Gasteiger partial charge in [0, 0.05) is 0 Å². The summed E-state index contributed by atoms with van der Waals surface area (Å²) in [7, 11) is 1.40. The zero-order valence-electron chi connectivity index (χ0n) is 9.74. The molecule has 1 aromatic carbocycles. The number of ether oxygens (including phenoxy) is 3. The van der Waals surface area contributed by atoms with Gasteiger partial charge in [0.05, 0.1) is 20.3 Å². The Morgan fingerprint density at radius 2 is 2.17 bits per heavy atom. The van der Waals surface area contributed by atoms with E-state index in [1.54, 1.807) is 6.07 Å². The normalized spacial score (nSPS) is 20.6. The van der Waals surface area contributed by atoms with Crippen molar-refractivity contribution in [2.45, 2.75) is 18.4 Å². The average Bonchev–Trinajstić information content (AvgIpc) is 3.12. The van der Waals surface area contributed by atoms with E-state index >= 15 is 0 Å². The van der Waals surface area contributed by atoms with Crippen LogP contribution < -0.4 is 4.74 Å². The number of methoxy groups -OCH3 is 1. The number of benzene rings is 1. The molecule has 1 aromatic rings. The molecule has 1 heterocycles. The highest BCUT2D eigenvalue weighted by atomic mass is 19.4. The first-order valence-electron chi connectivity index (χ1n) is 5.44. The predicted molar refractivity (Wildman–Crippen MR) is 57.5 cm³/mol. The lowest BCUT2D eigenvalue weighted by Gasteiger charge is -2.21. The van der Waals surface area contributed by atoms with E-state index in [1.165, 1.54) is 25.3 Å².